The normalized spacial score (nSPS) is 21.1. The van der Waals surface area contributed by atoms with Crippen LogP contribution in [0.2, 0.25) is 0 Å². The van der Waals surface area contributed by atoms with Crippen LogP contribution in [0.15, 0.2) is 91.0 Å². The van der Waals surface area contributed by atoms with Crippen LogP contribution in [0.5, 0.6) is 11.5 Å². The van der Waals surface area contributed by atoms with Crippen molar-refractivity contribution in [2.45, 2.75) is 114 Å². The van der Waals surface area contributed by atoms with Gasteiger partial charge in [-0.3, -0.25) is 38.4 Å². The van der Waals surface area contributed by atoms with E-state index in [2.05, 4.69) is 38.1 Å². The molecule has 0 radical (unpaired) electrons. The minimum absolute atomic E-state index is 0.0268. The predicted octanol–water partition coefficient (Wildman–Crippen LogP) is 1.13. The number of primary amides is 1. The van der Waals surface area contributed by atoms with Crippen molar-refractivity contribution < 1.29 is 74.2 Å². The summed E-state index contributed by atoms with van der Waals surface area (Å²) < 4.78 is 16.4. The van der Waals surface area contributed by atoms with Crippen LogP contribution in [-0.2, 0) is 67.1 Å². The standard InChI is InChI=1S/C59H80N8O13S2/c1-35(2)52-51(71)32-43(56(74)67-53(36(3)68)54(62)72)33-81-82-34-49(65-57(75)46(61)29-39-12-17-40-9-5-6-10-41(40)28-39)50(70)31-42(27-37-13-18-44(69)19-14-37)55(73)64-48(59(77)63-47(58(76)66-52)11-7-8-22-60)30-38-15-20-45(21-16-38)80-26-25-79-24-23-78-4/h5-6,9-10,12-21,28,35-36,42-43,46-49,52-53,68-69H,7-8,11,22-27,29-34,60-61H2,1-4H3,(H2,62,72)(H,63,77)(H,64,73)(H,65,75)(H,66,76)(H,67,74)/p+2/t36-,42-,43+,46-,47+,48-,49+,52+,53+/m1/s1. The molecule has 4 aromatic rings. The molecule has 82 heavy (non-hydrogen) atoms. The highest BCUT2D eigenvalue weighted by Gasteiger charge is 2.37. The van der Waals surface area contributed by atoms with E-state index >= 15 is 0 Å². The van der Waals surface area contributed by atoms with E-state index < -0.39 is 120 Å². The summed E-state index contributed by atoms with van der Waals surface area (Å²) in [6.07, 6.45) is -0.983. The number of hydrogen-bond acceptors (Lipinski definition) is 15. The number of amides is 6. The molecule has 6 amide bonds. The molecule has 0 aliphatic carbocycles. The molecule has 1 heterocycles. The maximum atomic E-state index is 15.0. The number of rotatable bonds is 24. The van der Waals surface area contributed by atoms with Gasteiger partial charge in [-0.1, -0.05) is 102 Å². The highest BCUT2D eigenvalue weighted by atomic mass is 33.1. The lowest BCUT2D eigenvalue weighted by Gasteiger charge is -2.29. The number of carbonyl (C=O) groups excluding carboxylic acids is 8. The van der Waals surface area contributed by atoms with E-state index in [0.29, 0.717) is 56.1 Å². The first-order valence-electron chi connectivity index (χ1n) is 27.7. The summed E-state index contributed by atoms with van der Waals surface area (Å²) in [4.78, 5) is 114. The summed E-state index contributed by atoms with van der Waals surface area (Å²) in [6, 6.07) is 19.3. The average Bonchev–Trinajstić information content (AvgIpc) is 3.62. The average molecular weight is 1180 g/mol. The number of benzene rings is 4. The third-order valence-electron chi connectivity index (χ3n) is 14.0. The Balaban J connectivity index is 1.55. The van der Waals surface area contributed by atoms with E-state index in [0.717, 1.165) is 37.9 Å². The van der Waals surface area contributed by atoms with E-state index in [1.165, 1.54) is 19.1 Å². The number of unbranched alkanes of at least 4 members (excludes halogenated alkanes) is 1. The summed E-state index contributed by atoms with van der Waals surface area (Å²) in [5, 5.41) is 36.5. The Labute approximate surface area is 486 Å². The van der Waals surface area contributed by atoms with E-state index in [-0.39, 0.29) is 49.5 Å². The van der Waals surface area contributed by atoms with Crippen molar-refractivity contribution in [3.8, 4) is 11.5 Å². The largest absolute Gasteiger partial charge is 0.508 e. The van der Waals surface area contributed by atoms with Crippen molar-refractivity contribution in [1.29, 1.82) is 0 Å². The van der Waals surface area contributed by atoms with Crippen LogP contribution in [0.4, 0.5) is 0 Å². The third-order valence-corrected chi connectivity index (χ3v) is 16.5. The molecule has 0 unspecified atom stereocenters. The molecule has 0 bridgehead atoms. The minimum Gasteiger partial charge on any atom is -0.508 e. The van der Waals surface area contributed by atoms with Gasteiger partial charge in [0.15, 0.2) is 17.6 Å². The van der Waals surface area contributed by atoms with Gasteiger partial charge in [0, 0.05) is 50.2 Å². The summed E-state index contributed by atoms with van der Waals surface area (Å²) in [7, 11) is 3.81. The number of nitrogens with one attached hydrogen (secondary N) is 5. The lowest BCUT2D eigenvalue weighted by Crippen LogP contribution is -2.69. The Morgan fingerprint density at radius 3 is 2.05 bits per heavy atom. The number of aromatic hydroxyl groups is 1. The number of ether oxygens (including phenoxy) is 3. The molecule has 0 aromatic heterocycles. The number of Topliss-reactive ketones (excluding diaryl/α,β-unsaturated/α-hetero) is 2. The Morgan fingerprint density at radius 1 is 0.744 bits per heavy atom. The lowest BCUT2D eigenvalue weighted by molar-refractivity contribution is -0.403. The molecule has 9 atom stereocenters. The second kappa shape index (κ2) is 34.1. The topological polar surface area (TPSA) is 346 Å². The van der Waals surface area contributed by atoms with Crippen LogP contribution in [0.25, 0.3) is 10.8 Å². The van der Waals surface area contributed by atoms with Gasteiger partial charge in [-0.05, 0) is 90.3 Å². The Kier molecular flexibility index (Phi) is 27.5. The van der Waals surface area contributed by atoms with E-state index in [1.54, 1.807) is 57.4 Å². The molecule has 15 N–H and O–H groups in total. The van der Waals surface area contributed by atoms with E-state index in [4.69, 9.17) is 19.9 Å². The van der Waals surface area contributed by atoms with Crippen molar-refractivity contribution in [1.82, 2.24) is 26.6 Å². The van der Waals surface area contributed by atoms with Gasteiger partial charge >= 0.3 is 0 Å². The zero-order valence-electron chi connectivity index (χ0n) is 47.2. The number of quaternary nitrogens is 2. The first-order chi connectivity index (χ1) is 39.3. The van der Waals surface area contributed by atoms with Crippen LogP contribution >= 0.6 is 21.6 Å². The number of aliphatic hydroxyl groups is 1. The van der Waals surface area contributed by atoms with Crippen LogP contribution in [0.3, 0.4) is 0 Å². The van der Waals surface area contributed by atoms with Crippen molar-refractivity contribution in [3.05, 3.63) is 108 Å². The SMILES string of the molecule is COCCOCCOc1ccc(C[C@H]2NC(=O)[C@H](Cc3ccc(O)cc3)CC(=O)[C@@H](NC(=O)[C@H]([NH3+])Cc3ccc4ccccc4c3)CSSC[C@@H](C(=O)N[C@H](C(N)=O)[C@@H](C)O)CC(=O)[C@H](C(C)C)NC(=O)[C@H](CCCC[NH3+])NC2=O)cc1. The van der Waals surface area contributed by atoms with Crippen LogP contribution in [0, 0.1) is 17.8 Å². The lowest BCUT2D eigenvalue weighted by atomic mass is 9.90. The number of aliphatic hydroxyl groups excluding tert-OH is 1. The number of carbonyl (C=O) groups is 8. The summed E-state index contributed by atoms with van der Waals surface area (Å²) in [6.45, 7) is 6.65. The molecule has 0 spiro atoms. The molecule has 23 heteroatoms. The first kappa shape index (κ1) is 66.2. The van der Waals surface area contributed by atoms with Gasteiger partial charge in [-0.15, -0.1) is 0 Å². The number of hydrogen-bond donors (Lipinski definition) is 10. The molecule has 1 saturated heterocycles. The molecule has 446 valence electrons. The second-order valence-electron chi connectivity index (χ2n) is 21.0. The fourth-order valence-electron chi connectivity index (χ4n) is 9.21. The van der Waals surface area contributed by atoms with Gasteiger partial charge in [0.1, 0.15) is 36.2 Å². The van der Waals surface area contributed by atoms with Gasteiger partial charge in [0.25, 0.3) is 5.91 Å². The van der Waals surface area contributed by atoms with Crippen LogP contribution < -0.4 is 48.5 Å². The summed E-state index contributed by atoms with van der Waals surface area (Å²) in [5.74, 6) is -8.05. The molecule has 5 rings (SSSR count). The van der Waals surface area contributed by atoms with Crippen LogP contribution in [0.1, 0.15) is 69.6 Å². The number of fused-ring (bicyclic) bond motifs is 1. The van der Waals surface area contributed by atoms with E-state index in [9.17, 15) is 48.6 Å². The predicted molar refractivity (Wildman–Crippen MR) is 313 cm³/mol. The first-order valence-corrected chi connectivity index (χ1v) is 30.2. The van der Waals surface area contributed by atoms with E-state index in [1.807, 2.05) is 42.5 Å². The zero-order chi connectivity index (χ0) is 59.7. The molecular weight excluding hydrogens is 1090 g/mol. The highest BCUT2D eigenvalue weighted by Crippen LogP contribution is 2.29. The fraction of sp³-hybridized carbons (Fsp3) is 0.492. The highest BCUT2D eigenvalue weighted by molar-refractivity contribution is 8.76. The number of nitrogens with two attached hydrogens (primary N) is 1. The maximum Gasteiger partial charge on any atom is 0.279 e. The van der Waals surface area contributed by atoms with Crippen molar-refractivity contribution in [2.75, 3.05) is 51.6 Å². The minimum atomic E-state index is -1.50. The van der Waals surface area contributed by atoms with Crippen molar-refractivity contribution in [3.63, 3.8) is 0 Å². The van der Waals surface area contributed by atoms with Crippen LogP contribution in [-0.4, -0.2) is 151 Å². The number of methoxy groups -OCH3 is 1. The third kappa shape index (κ3) is 21.6. The summed E-state index contributed by atoms with van der Waals surface area (Å²) in [5.41, 5.74) is 15.6. The zero-order valence-corrected chi connectivity index (χ0v) is 48.9. The van der Waals surface area contributed by atoms with Crippen molar-refractivity contribution in [2.24, 2.45) is 23.5 Å². The molecule has 1 fully saturated rings. The Morgan fingerprint density at radius 2 is 1.38 bits per heavy atom. The molecular formula is C59H82N8O13S2+2. The number of phenolic OH excluding ortho intramolecular Hbond substituents is 1. The molecule has 0 saturated carbocycles. The molecule has 1 aliphatic heterocycles. The molecule has 21 nitrogen and oxygen atoms in total. The van der Waals surface area contributed by atoms with Crippen molar-refractivity contribution >= 4 is 79.4 Å². The van der Waals surface area contributed by atoms with Gasteiger partial charge in [0.2, 0.25) is 29.5 Å². The maximum absolute atomic E-state index is 15.0. The van der Waals surface area contributed by atoms with Gasteiger partial charge < -0.3 is 68.2 Å². The van der Waals surface area contributed by atoms with Gasteiger partial charge in [-0.25, -0.2) is 0 Å². The number of ketones is 2. The second-order valence-corrected chi connectivity index (χ2v) is 23.5. The fourth-order valence-corrected chi connectivity index (χ4v) is 11.7. The number of phenols is 1. The molecule has 4 aromatic carbocycles. The van der Waals surface area contributed by atoms with Gasteiger partial charge in [-0.2, -0.15) is 0 Å². The summed E-state index contributed by atoms with van der Waals surface area (Å²) >= 11 is 0. The Bertz CT molecular complexity index is 2750. The monoisotopic (exact) mass is 1170 g/mol. The quantitative estimate of drug-likeness (QED) is 0.0347. The smallest absolute Gasteiger partial charge is 0.279 e. The van der Waals surface area contributed by atoms with Gasteiger partial charge in [0.05, 0.1) is 50.5 Å². The molecule has 1 aliphatic rings. The Hall–Kier alpha value is -6.60.